The second kappa shape index (κ2) is 10.1. The highest BCUT2D eigenvalue weighted by atomic mass is 16.6. The second-order valence-corrected chi connectivity index (χ2v) is 9.75. The number of aromatic nitrogens is 1. The van der Waals surface area contributed by atoms with E-state index in [2.05, 4.69) is 22.4 Å². The summed E-state index contributed by atoms with van der Waals surface area (Å²) in [6.07, 6.45) is 3.87. The van der Waals surface area contributed by atoms with Crippen molar-refractivity contribution in [3.63, 3.8) is 0 Å². The van der Waals surface area contributed by atoms with Gasteiger partial charge < -0.3 is 15.0 Å². The normalized spacial score (nSPS) is 17.9. The van der Waals surface area contributed by atoms with E-state index < -0.39 is 5.60 Å². The Morgan fingerprint density at radius 2 is 1.76 bits per heavy atom. The number of anilines is 1. The molecule has 176 valence electrons. The molecule has 1 saturated heterocycles. The minimum absolute atomic E-state index is 0.00331. The molecule has 2 heterocycles. The number of ether oxygens (including phenoxy) is 1. The predicted molar refractivity (Wildman–Crippen MR) is 133 cm³/mol. The van der Waals surface area contributed by atoms with Crippen molar-refractivity contribution in [3.8, 4) is 11.1 Å². The van der Waals surface area contributed by atoms with E-state index in [1.54, 1.807) is 17.3 Å². The van der Waals surface area contributed by atoms with Crippen molar-refractivity contribution in [3.05, 3.63) is 84.7 Å². The molecule has 1 N–H and O–H groups in total. The summed E-state index contributed by atoms with van der Waals surface area (Å²) in [5.41, 5.74) is 3.25. The van der Waals surface area contributed by atoms with Crippen LogP contribution in [-0.2, 0) is 16.0 Å². The number of carbonyl (C=O) groups is 2. The first-order valence-corrected chi connectivity index (χ1v) is 11.6. The monoisotopic (exact) mass is 457 g/mol. The van der Waals surface area contributed by atoms with E-state index in [9.17, 15) is 9.59 Å². The van der Waals surface area contributed by atoms with Gasteiger partial charge in [0.2, 0.25) is 5.91 Å². The molecule has 34 heavy (non-hydrogen) atoms. The van der Waals surface area contributed by atoms with E-state index in [1.807, 2.05) is 75.4 Å². The van der Waals surface area contributed by atoms with Gasteiger partial charge in [-0.2, -0.15) is 0 Å². The molecule has 1 fully saturated rings. The Labute approximate surface area is 201 Å². The lowest BCUT2D eigenvalue weighted by Crippen LogP contribution is -2.36. The summed E-state index contributed by atoms with van der Waals surface area (Å²) in [6.45, 7) is 6.36. The lowest BCUT2D eigenvalue weighted by molar-refractivity contribution is -0.120. The van der Waals surface area contributed by atoms with Gasteiger partial charge in [-0.15, -0.1) is 0 Å². The molecule has 0 aliphatic carbocycles. The Kier molecular flexibility index (Phi) is 6.96. The zero-order valence-electron chi connectivity index (χ0n) is 19.9. The lowest BCUT2D eigenvalue weighted by atomic mass is 9.89. The van der Waals surface area contributed by atoms with Gasteiger partial charge in [0.1, 0.15) is 5.60 Å². The summed E-state index contributed by atoms with van der Waals surface area (Å²) in [5.74, 6) is -0.429. The lowest BCUT2D eigenvalue weighted by Gasteiger charge is -2.24. The molecule has 2 atom stereocenters. The molecule has 1 aromatic heterocycles. The Morgan fingerprint density at radius 1 is 1.00 bits per heavy atom. The van der Waals surface area contributed by atoms with Crippen molar-refractivity contribution in [1.82, 2.24) is 9.88 Å². The fourth-order valence-corrected chi connectivity index (χ4v) is 4.31. The largest absolute Gasteiger partial charge is 0.444 e. The molecule has 2 aromatic carbocycles. The van der Waals surface area contributed by atoms with Crippen LogP contribution in [-0.4, -0.2) is 40.6 Å². The van der Waals surface area contributed by atoms with Crippen molar-refractivity contribution in [2.75, 3.05) is 18.4 Å². The van der Waals surface area contributed by atoms with Crippen molar-refractivity contribution < 1.29 is 14.3 Å². The molecule has 1 aliphatic heterocycles. The molecule has 0 radical (unpaired) electrons. The molecular weight excluding hydrogens is 426 g/mol. The number of nitrogens with zero attached hydrogens (tertiary/aromatic N) is 2. The van der Waals surface area contributed by atoms with Gasteiger partial charge in [0.05, 0.1) is 5.92 Å². The maximum Gasteiger partial charge on any atom is 0.410 e. The van der Waals surface area contributed by atoms with Gasteiger partial charge in [-0.1, -0.05) is 48.5 Å². The highest BCUT2D eigenvalue weighted by molar-refractivity contribution is 5.94. The van der Waals surface area contributed by atoms with Crippen LogP contribution in [0.5, 0.6) is 0 Å². The molecule has 6 heteroatoms. The standard InChI is InChI=1S/C28H31N3O3/c1-28(2,3)34-27(33)31-18-23(15-20-9-5-4-6-10-20)25(19-31)26(32)30-24-13-7-11-21(16-24)22-12-8-14-29-17-22/h4-14,16-17,23,25H,15,18-19H2,1-3H3,(H,30,32)/t23-,25-/m1/s1. The quantitative estimate of drug-likeness (QED) is 0.556. The molecule has 3 aromatic rings. The Bertz CT molecular complexity index is 1130. The summed E-state index contributed by atoms with van der Waals surface area (Å²) in [7, 11) is 0. The fourth-order valence-electron chi connectivity index (χ4n) is 4.31. The van der Waals surface area contributed by atoms with Crippen molar-refractivity contribution in [2.24, 2.45) is 11.8 Å². The third-order valence-electron chi connectivity index (χ3n) is 5.90. The number of likely N-dealkylation sites (tertiary alicyclic amines) is 1. The van der Waals surface area contributed by atoms with Crippen LogP contribution < -0.4 is 5.32 Å². The average Bonchev–Trinajstić information content (AvgIpc) is 3.24. The molecule has 0 spiro atoms. The third kappa shape index (κ3) is 6.01. The summed E-state index contributed by atoms with van der Waals surface area (Å²) >= 11 is 0. The fraction of sp³-hybridized carbons (Fsp3) is 0.321. The molecule has 6 nitrogen and oxygen atoms in total. The van der Waals surface area contributed by atoms with Crippen LogP contribution in [0.1, 0.15) is 26.3 Å². The topological polar surface area (TPSA) is 71.5 Å². The first-order valence-electron chi connectivity index (χ1n) is 11.6. The minimum atomic E-state index is -0.584. The number of carbonyl (C=O) groups excluding carboxylic acids is 2. The Balaban J connectivity index is 1.52. The van der Waals surface area contributed by atoms with Crippen LogP contribution in [0.3, 0.4) is 0 Å². The van der Waals surface area contributed by atoms with E-state index in [0.29, 0.717) is 19.5 Å². The number of amides is 2. The van der Waals surface area contributed by atoms with Crippen LogP contribution >= 0.6 is 0 Å². The number of hydrogen-bond acceptors (Lipinski definition) is 4. The number of nitrogens with one attached hydrogen (secondary N) is 1. The highest BCUT2D eigenvalue weighted by Gasteiger charge is 2.41. The summed E-state index contributed by atoms with van der Waals surface area (Å²) < 4.78 is 5.58. The van der Waals surface area contributed by atoms with Crippen molar-refractivity contribution in [2.45, 2.75) is 32.8 Å². The van der Waals surface area contributed by atoms with Crippen LogP contribution in [0.25, 0.3) is 11.1 Å². The molecule has 4 rings (SSSR count). The van der Waals surface area contributed by atoms with Crippen molar-refractivity contribution >= 4 is 17.7 Å². The van der Waals surface area contributed by atoms with E-state index in [0.717, 1.165) is 22.4 Å². The number of pyridine rings is 1. The van der Waals surface area contributed by atoms with Gasteiger partial charge in [-0.25, -0.2) is 4.79 Å². The van der Waals surface area contributed by atoms with E-state index in [4.69, 9.17) is 4.74 Å². The molecule has 0 bridgehead atoms. The van der Waals surface area contributed by atoms with Gasteiger partial charge in [0.15, 0.2) is 0 Å². The number of benzene rings is 2. The third-order valence-corrected chi connectivity index (χ3v) is 5.90. The molecular formula is C28H31N3O3. The van der Waals surface area contributed by atoms with Crippen LogP contribution in [0, 0.1) is 11.8 Å². The minimum Gasteiger partial charge on any atom is -0.444 e. The van der Waals surface area contributed by atoms with Gasteiger partial charge in [0, 0.05) is 36.7 Å². The first-order chi connectivity index (χ1) is 16.3. The molecule has 0 saturated carbocycles. The van der Waals surface area contributed by atoms with Gasteiger partial charge in [-0.05, 0) is 62.4 Å². The second-order valence-electron chi connectivity index (χ2n) is 9.75. The average molecular weight is 458 g/mol. The summed E-state index contributed by atoms with van der Waals surface area (Å²) in [5, 5.41) is 3.08. The summed E-state index contributed by atoms with van der Waals surface area (Å²) in [6, 6.07) is 21.7. The predicted octanol–water partition coefficient (Wildman–Crippen LogP) is 5.41. The Hall–Kier alpha value is -3.67. The van der Waals surface area contributed by atoms with E-state index in [1.165, 1.54) is 0 Å². The van der Waals surface area contributed by atoms with Crippen LogP contribution in [0.4, 0.5) is 10.5 Å². The van der Waals surface area contributed by atoms with E-state index in [-0.39, 0.29) is 23.8 Å². The van der Waals surface area contributed by atoms with Gasteiger partial charge in [-0.3, -0.25) is 9.78 Å². The maximum atomic E-state index is 13.4. The number of hydrogen-bond donors (Lipinski definition) is 1. The van der Waals surface area contributed by atoms with E-state index >= 15 is 0 Å². The van der Waals surface area contributed by atoms with Crippen LogP contribution in [0.2, 0.25) is 0 Å². The van der Waals surface area contributed by atoms with Crippen LogP contribution in [0.15, 0.2) is 79.1 Å². The molecule has 0 unspecified atom stereocenters. The zero-order valence-corrected chi connectivity index (χ0v) is 19.9. The molecule has 1 aliphatic rings. The maximum absolute atomic E-state index is 13.4. The molecule has 2 amide bonds. The SMILES string of the molecule is CC(C)(C)OC(=O)N1C[C@@H](Cc2ccccc2)[C@H](C(=O)Nc2cccc(-c3cccnc3)c2)C1. The van der Waals surface area contributed by atoms with Gasteiger partial charge >= 0.3 is 6.09 Å². The summed E-state index contributed by atoms with van der Waals surface area (Å²) in [4.78, 5) is 32.0. The van der Waals surface area contributed by atoms with Gasteiger partial charge in [0.25, 0.3) is 0 Å². The first kappa shape index (κ1) is 23.5. The zero-order chi connectivity index (χ0) is 24.1. The number of rotatable bonds is 5. The highest BCUT2D eigenvalue weighted by Crippen LogP contribution is 2.30. The smallest absolute Gasteiger partial charge is 0.410 e. The Morgan fingerprint density at radius 3 is 2.47 bits per heavy atom. The van der Waals surface area contributed by atoms with Crippen molar-refractivity contribution in [1.29, 1.82) is 0 Å².